The van der Waals surface area contributed by atoms with E-state index >= 15 is 0 Å². The van der Waals surface area contributed by atoms with Crippen molar-refractivity contribution in [2.75, 3.05) is 13.1 Å². The van der Waals surface area contributed by atoms with E-state index in [9.17, 15) is 14.4 Å². The maximum Gasteiger partial charge on any atom is 0.410 e. The van der Waals surface area contributed by atoms with Crippen molar-refractivity contribution in [3.8, 4) is 10.8 Å². The van der Waals surface area contributed by atoms with Crippen LogP contribution in [0.1, 0.15) is 64.4 Å². The van der Waals surface area contributed by atoms with Crippen LogP contribution in [0.5, 0.6) is 0 Å². The molecule has 3 aromatic rings. The first kappa shape index (κ1) is 30.6. The topological polar surface area (TPSA) is 139 Å². The Morgan fingerprint density at radius 1 is 1.19 bits per heavy atom. The molecule has 4 heterocycles. The van der Waals surface area contributed by atoms with Crippen LogP contribution in [0, 0.1) is 5.41 Å². The summed E-state index contributed by atoms with van der Waals surface area (Å²) < 4.78 is 16.4. The third kappa shape index (κ3) is 7.40. The van der Waals surface area contributed by atoms with E-state index in [0.29, 0.717) is 18.9 Å². The van der Waals surface area contributed by atoms with Crippen molar-refractivity contribution in [2.24, 2.45) is 5.41 Å². The minimum atomic E-state index is -0.759. The summed E-state index contributed by atoms with van der Waals surface area (Å²) in [5, 5.41) is 10.2. The van der Waals surface area contributed by atoms with Gasteiger partial charge in [0.1, 0.15) is 6.10 Å². The van der Waals surface area contributed by atoms with Crippen molar-refractivity contribution in [1.82, 2.24) is 25.4 Å². The number of hydroxylamine groups is 2. The van der Waals surface area contributed by atoms with Crippen LogP contribution in [-0.4, -0.2) is 69.5 Å². The SMILES string of the molecule is CCCCC(NC(=O)O[C@@H]1CN(C(=O)OCc2noc(-c3cccs3)n2)CC1(C)C)C(=O)C1ON1[C@H](C)c1ccccc1. The van der Waals surface area contributed by atoms with E-state index in [1.165, 1.54) is 16.2 Å². The Balaban J connectivity index is 1.13. The molecule has 2 fully saturated rings. The fourth-order valence-corrected chi connectivity index (χ4v) is 5.73. The lowest BCUT2D eigenvalue weighted by atomic mass is 9.90. The van der Waals surface area contributed by atoms with Gasteiger partial charge < -0.3 is 24.2 Å². The number of carbonyl (C=O) groups excluding carboxylic acids is 3. The van der Waals surface area contributed by atoms with E-state index in [2.05, 4.69) is 15.5 Å². The van der Waals surface area contributed by atoms with Gasteiger partial charge in [0.2, 0.25) is 17.8 Å². The number of unbranched alkanes of at least 4 members (excludes halogenated alkanes) is 1. The molecule has 0 bridgehead atoms. The van der Waals surface area contributed by atoms with Crippen molar-refractivity contribution >= 4 is 29.3 Å². The number of hydrogen-bond donors (Lipinski definition) is 1. The number of amides is 2. The number of ether oxygens (including phenoxy) is 2. The molecule has 43 heavy (non-hydrogen) atoms. The Morgan fingerprint density at radius 3 is 2.70 bits per heavy atom. The Bertz CT molecular complexity index is 1400. The molecule has 12 nitrogen and oxygen atoms in total. The highest BCUT2D eigenvalue weighted by Gasteiger charge is 2.49. The van der Waals surface area contributed by atoms with E-state index in [4.69, 9.17) is 18.8 Å². The lowest BCUT2D eigenvalue weighted by Crippen LogP contribution is -2.46. The quantitative estimate of drug-likeness (QED) is 0.267. The molecular weight excluding hydrogens is 574 g/mol. The summed E-state index contributed by atoms with van der Waals surface area (Å²) >= 11 is 1.47. The molecule has 1 N–H and O–H groups in total. The van der Waals surface area contributed by atoms with Gasteiger partial charge in [0.15, 0.2) is 6.61 Å². The minimum Gasteiger partial charge on any atom is -0.444 e. The maximum atomic E-state index is 13.3. The number of benzene rings is 1. The molecule has 0 spiro atoms. The summed E-state index contributed by atoms with van der Waals surface area (Å²) in [6.45, 7) is 8.12. The number of thiophene rings is 1. The van der Waals surface area contributed by atoms with E-state index in [-0.39, 0.29) is 30.8 Å². The second-order valence-electron chi connectivity index (χ2n) is 11.5. The standard InChI is InChI=1S/C30H37N5O7S/c1-5-6-13-21(25(36)27-35(42-27)19(2)20-11-8-7-9-12-20)31-28(37)40-23-16-34(18-30(23,3)4)29(38)39-17-24-32-26(41-33-24)22-14-10-15-43-22/h7-12,14-15,19,21,23,27H,5-6,13,16-18H2,1-4H3,(H,31,37)/t19-,21?,23-,27?,35?/m1/s1. The summed E-state index contributed by atoms with van der Waals surface area (Å²) in [7, 11) is 0. The van der Waals surface area contributed by atoms with Crippen LogP contribution < -0.4 is 5.32 Å². The van der Waals surface area contributed by atoms with Gasteiger partial charge in [-0.1, -0.05) is 75.2 Å². The third-order valence-corrected chi connectivity index (χ3v) is 8.54. The van der Waals surface area contributed by atoms with E-state index in [1.807, 2.05) is 75.5 Å². The highest BCUT2D eigenvalue weighted by Crippen LogP contribution is 2.35. The van der Waals surface area contributed by atoms with Crippen molar-refractivity contribution in [2.45, 2.75) is 78.0 Å². The maximum absolute atomic E-state index is 13.3. The molecule has 0 saturated carbocycles. The van der Waals surface area contributed by atoms with Crippen LogP contribution >= 0.6 is 11.3 Å². The zero-order valence-corrected chi connectivity index (χ0v) is 25.5. The first-order valence-electron chi connectivity index (χ1n) is 14.5. The molecule has 1 aromatic carbocycles. The fourth-order valence-electron chi connectivity index (χ4n) is 5.08. The number of alkyl carbamates (subject to hydrolysis) is 1. The van der Waals surface area contributed by atoms with Crippen LogP contribution in [0.4, 0.5) is 9.59 Å². The van der Waals surface area contributed by atoms with E-state index < -0.39 is 36.0 Å². The zero-order chi connectivity index (χ0) is 30.6. The predicted molar refractivity (Wildman–Crippen MR) is 156 cm³/mol. The van der Waals surface area contributed by atoms with Crippen LogP contribution in [0.3, 0.4) is 0 Å². The summed E-state index contributed by atoms with van der Waals surface area (Å²) in [5.41, 5.74) is 0.487. The number of Topliss-reactive ketones (excluding diaryl/α,β-unsaturated/α-hetero) is 1. The van der Waals surface area contributed by atoms with Gasteiger partial charge >= 0.3 is 12.2 Å². The van der Waals surface area contributed by atoms with Gasteiger partial charge in [-0.15, -0.1) is 16.4 Å². The number of nitrogens with one attached hydrogen (secondary N) is 1. The van der Waals surface area contributed by atoms with Crippen LogP contribution in [0.25, 0.3) is 10.8 Å². The molecule has 2 saturated heterocycles. The van der Waals surface area contributed by atoms with Gasteiger partial charge in [-0.3, -0.25) is 9.63 Å². The number of hydrogen-bond acceptors (Lipinski definition) is 11. The lowest BCUT2D eigenvalue weighted by Gasteiger charge is -2.26. The summed E-state index contributed by atoms with van der Waals surface area (Å²) in [6, 6.07) is 12.6. The molecule has 230 valence electrons. The van der Waals surface area contributed by atoms with E-state index in [1.54, 1.807) is 5.06 Å². The van der Waals surface area contributed by atoms with Crippen molar-refractivity contribution in [3.63, 3.8) is 0 Å². The van der Waals surface area contributed by atoms with Gasteiger partial charge in [0.25, 0.3) is 5.89 Å². The van der Waals surface area contributed by atoms with Gasteiger partial charge in [0, 0.05) is 12.0 Å². The molecule has 13 heteroatoms. The van der Waals surface area contributed by atoms with Crippen molar-refractivity contribution < 1.29 is 33.2 Å². The first-order chi connectivity index (χ1) is 20.7. The Morgan fingerprint density at radius 2 is 1.98 bits per heavy atom. The summed E-state index contributed by atoms with van der Waals surface area (Å²) in [6.07, 6.45) is -0.538. The molecular formula is C30H37N5O7S. The van der Waals surface area contributed by atoms with Crippen molar-refractivity contribution in [3.05, 3.63) is 59.2 Å². The largest absolute Gasteiger partial charge is 0.444 e. The van der Waals surface area contributed by atoms with Gasteiger partial charge in [-0.25, -0.2) is 9.59 Å². The zero-order valence-electron chi connectivity index (χ0n) is 24.7. The van der Waals surface area contributed by atoms with Crippen LogP contribution in [-0.2, 0) is 25.7 Å². The second-order valence-corrected chi connectivity index (χ2v) is 12.4. The summed E-state index contributed by atoms with van der Waals surface area (Å²) in [4.78, 5) is 51.4. The molecule has 5 rings (SSSR count). The van der Waals surface area contributed by atoms with Gasteiger partial charge in [0.05, 0.1) is 23.5 Å². The number of nitrogens with zero attached hydrogens (tertiary/aromatic N) is 4. The molecule has 0 radical (unpaired) electrons. The summed E-state index contributed by atoms with van der Waals surface area (Å²) in [5.74, 6) is 0.402. The number of aromatic nitrogens is 2. The van der Waals surface area contributed by atoms with Crippen molar-refractivity contribution in [1.29, 1.82) is 0 Å². The number of rotatable bonds is 12. The van der Waals surface area contributed by atoms with Crippen LogP contribution in [0.15, 0.2) is 52.4 Å². The molecule has 2 aliphatic rings. The average Bonchev–Trinajstić information content (AvgIpc) is 3.29. The second kappa shape index (κ2) is 13.2. The lowest BCUT2D eigenvalue weighted by molar-refractivity contribution is -0.122. The fraction of sp³-hybridized carbons (Fsp3) is 0.500. The number of carbonyl (C=O) groups is 3. The predicted octanol–water partition coefficient (Wildman–Crippen LogP) is 5.33. The Labute approximate surface area is 254 Å². The highest BCUT2D eigenvalue weighted by atomic mass is 32.1. The molecule has 0 aliphatic carbocycles. The molecule has 2 aromatic heterocycles. The molecule has 5 atom stereocenters. The van der Waals surface area contributed by atoms with E-state index in [0.717, 1.165) is 23.3 Å². The van der Waals surface area contributed by atoms with Crippen LogP contribution in [0.2, 0.25) is 0 Å². The third-order valence-electron chi connectivity index (χ3n) is 7.68. The smallest absolute Gasteiger partial charge is 0.410 e. The number of likely N-dealkylation sites (tertiary alicyclic amines) is 1. The average molecular weight is 612 g/mol. The normalized spacial score (nSPS) is 22.0. The Hall–Kier alpha value is -3.81. The highest BCUT2D eigenvalue weighted by molar-refractivity contribution is 7.13. The Kier molecular flexibility index (Phi) is 9.43. The minimum absolute atomic E-state index is 0.109. The molecule has 3 unspecified atom stereocenters. The van der Waals surface area contributed by atoms with Gasteiger partial charge in [-0.2, -0.15) is 4.98 Å². The molecule has 2 aliphatic heterocycles. The van der Waals surface area contributed by atoms with Gasteiger partial charge in [-0.05, 0) is 30.4 Å². The first-order valence-corrected chi connectivity index (χ1v) is 15.3. The molecule has 2 amide bonds. The number of ketones is 1. The monoisotopic (exact) mass is 611 g/mol.